The number of benzene rings is 2. The third-order valence-electron chi connectivity index (χ3n) is 4.71. The lowest BCUT2D eigenvalue weighted by Crippen LogP contribution is -2.34. The highest BCUT2D eigenvalue weighted by molar-refractivity contribution is 7.93. The van der Waals surface area contributed by atoms with E-state index in [9.17, 15) is 26.7 Å². The lowest BCUT2D eigenvalue weighted by molar-refractivity contribution is 0.148. The maximum atomic E-state index is 12.8. The molecule has 0 saturated carbocycles. The van der Waals surface area contributed by atoms with E-state index in [1.165, 1.54) is 23.1 Å². The molecule has 0 bridgehead atoms. The first kappa shape index (κ1) is 22.7. The van der Waals surface area contributed by atoms with Crippen LogP contribution in [0.5, 0.6) is 0 Å². The van der Waals surface area contributed by atoms with Crippen molar-refractivity contribution in [2.45, 2.75) is 11.3 Å². The molecule has 1 amide bonds. The summed E-state index contributed by atoms with van der Waals surface area (Å²) < 4.78 is 54.3. The van der Waals surface area contributed by atoms with Gasteiger partial charge in [0.15, 0.2) is 0 Å². The topological polar surface area (TPSA) is 136 Å². The Morgan fingerprint density at radius 2 is 1.65 bits per heavy atom. The fourth-order valence-electron chi connectivity index (χ4n) is 3.31. The number of hydrogen-bond donors (Lipinski definition) is 3. The smallest absolute Gasteiger partial charge is 0.407 e. The number of nitrogens with one attached hydrogen (secondary N) is 2. The average Bonchev–Trinajstić information content (AvgIpc) is 2.93. The summed E-state index contributed by atoms with van der Waals surface area (Å²) in [7, 11) is -7.64. The predicted octanol–water partition coefficient (Wildman–Crippen LogP) is 2.05. The average molecular weight is 469 g/mol. The molecule has 168 valence electrons. The SMILES string of the molecule is CS(=O)(=O)Nc1cc(S(=O)(=O)Nc2ccccc2)ccc1N1CCCN(C(=O)O)CC1. The van der Waals surface area contributed by atoms with Crippen molar-refractivity contribution in [2.75, 3.05) is 46.8 Å². The zero-order valence-electron chi connectivity index (χ0n) is 16.9. The van der Waals surface area contributed by atoms with E-state index in [2.05, 4.69) is 9.44 Å². The van der Waals surface area contributed by atoms with Crippen molar-refractivity contribution in [3.05, 3.63) is 48.5 Å². The zero-order chi connectivity index (χ0) is 22.6. The number of anilines is 3. The van der Waals surface area contributed by atoms with Crippen LogP contribution in [0, 0.1) is 0 Å². The summed E-state index contributed by atoms with van der Waals surface area (Å²) >= 11 is 0. The third-order valence-corrected chi connectivity index (χ3v) is 6.68. The molecule has 31 heavy (non-hydrogen) atoms. The molecule has 0 radical (unpaired) electrons. The third kappa shape index (κ3) is 6.01. The van der Waals surface area contributed by atoms with E-state index in [1.807, 2.05) is 4.90 Å². The van der Waals surface area contributed by atoms with Gasteiger partial charge in [0.25, 0.3) is 10.0 Å². The van der Waals surface area contributed by atoms with Crippen molar-refractivity contribution >= 4 is 43.2 Å². The molecule has 0 aliphatic carbocycles. The first-order valence-electron chi connectivity index (χ1n) is 9.48. The Morgan fingerprint density at radius 3 is 2.29 bits per heavy atom. The molecule has 1 saturated heterocycles. The molecular formula is C19H24N4O6S2. The number of hydrogen-bond acceptors (Lipinski definition) is 6. The lowest BCUT2D eigenvalue weighted by atomic mass is 10.2. The van der Waals surface area contributed by atoms with Crippen LogP contribution in [0.2, 0.25) is 0 Å². The summed E-state index contributed by atoms with van der Waals surface area (Å²) in [6.45, 7) is 1.47. The molecule has 1 heterocycles. The Hall–Kier alpha value is -2.99. The molecule has 0 unspecified atom stereocenters. The van der Waals surface area contributed by atoms with Crippen molar-refractivity contribution < 1.29 is 26.7 Å². The van der Waals surface area contributed by atoms with Crippen molar-refractivity contribution in [3.8, 4) is 0 Å². The molecule has 2 aromatic carbocycles. The molecular weight excluding hydrogens is 444 g/mol. The molecule has 3 rings (SSSR count). The number of carboxylic acid groups (broad SMARTS) is 1. The van der Waals surface area contributed by atoms with Crippen LogP contribution in [0.1, 0.15) is 6.42 Å². The predicted molar refractivity (Wildman–Crippen MR) is 119 cm³/mol. The minimum absolute atomic E-state index is 0.103. The molecule has 12 heteroatoms. The highest BCUT2D eigenvalue weighted by atomic mass is 32.2. The van der Waals surface area contributed by atoms with Crippen molar-refractivity contribution in [1.82, 2.24) is 4.90 Å². The van der Waals surface area contributed by atoms with Crippen LogP contribution >= 0.6 is 0 Å². The molecule has 10 nitrogen and oxygen atoms in total. The van der Waals surface area contributed by atoms with Crippen LogP contribution in [-0.4, -0.2) is 65.4 Å². The number of nitrogens with zero attached hydrogens (tertiary/aromatic N) is 2. The van der Waals surface area contributed by atoms with Gasteiger partial charge in [0.1, 0.15) is 0 Å². The largest absolute Gasteiger partial charge is 0.465 e. The number of rotatable bonds is 6. The zero-order valence-corrected chi connectivity index (χ0v) is 18.5. The van der Waals surface area contributed by atoms with E-state index in [4.69, 9.17) is 0 Å². The maximum Gasteiger partial charge on any atom is 0.407 e. The normalized spacial score (nSPS) is 15.3. The second-order valence-corrected chi connectivity index (χ2v) is 10.6. The first-order valence-corrected chi connectivity index (χ1v) is 12.9. The Kier molecular flexibility index (Phi) is 6.60. The first-order chi connectivity index (χ1) is 14.5. The van der Waals surface area contributed by atoms with E-state index in [-0.39, 0.29) is 17.1 Å². The van der Waals surface area contributed by atoms with Crippen molar-refractivity contribution in [1.29, 1.82) is 0 Å². The van der Waals surface area contributed by atoms with E-state index in [0.29, 0.717) is 37.4 Å². The standard InChI is InChI=1S/C19H24N4O6S2/c1-30(26,27)21-17-14-16(31(28,29)20-15-6-3-2-4-7-15)8-9-18(17)22-10-5-11-23(13-12-22)19(24)25/h2-4,6-9,14,20-21H,5,10-13H2,1H3,(H,24,25). The lowest BCUT2D eigenvalue weighted by Gasteiger charge is -2.26. The second kappa shape index (κ2) is 9.02. The van der Waals surface area contributed by atoms with Gasteiger partial charge in [-0.15, -0.1) is 0 Å². The van der Waals surface area contributed by atoms with E-state index in [0.717, 1.165) is 6.26 Å². The Labute approximate surface area is 181 Å². The van der Waals surface area contributed by atoms with Gasteiger partial charge < -0.3 is 14.9 Å². The summed E-state index contributed by atoms with van der Waals surface area (Å²) in [5, 5.41) is 9.22. The van der Waals surface area contributed by atoms with Gasteiger partial charge >= 0.3 is 6.09 Å². The minimum Gasteiger partial charge on any atom is -0.465 e. The van der Waals surface area contributed by atoms with Crippen LogP contribution < -0.4 is 14.3 Å². The van der Waals surface area contributed by atoms with Crippen LogP contribution in [0.15, 0.2) is 53.4 Å². The number of sulfonamides is 2. The Bertz CT molecular complexity index is 1150. The molecule has 0 spiro atoms. The van der Waals surface area contributed by atoms with Gasteiger partial charge in [-0.3, -0.25) is 9.44 Å². The fourth-order valence-corrected chi connectivity index (χ4v) is 4.96. The summed E-state index contributed by atoms with van der Waals surface area (Å²) in [6, 6.07) is 12.5. The summed E-state index contributed by atoms with van der Waals surface area (Å²) in [5.41, 5.74) is 0.976. The molecule has 1 fully saturated rings. The molecule has 1 aliphatic rings. The van der Waals surface area contributed by atoms with Crippen LogP contribution in [0.3, 0.4) is 0 Å². The van der Waals surface area contributed by atoms with Gasteiger partial charge in [-0.2, -0.15) is 0 Å². The fraction of sp³-hybridized carbons (Fsp3) is 0.316. The van der Waals surface area contributed by atoms with Crippen LogP contribution in [-0.2, 0) is 20.0 Å². The van der Waals surface area contributed by atoms with Gasteiger partial charge in [-0.05, 0) is 36.8 Å². The quantitative estimate of drug-likeness (QED) is 0.590. The van der Waals surface area contributed by atoms with Gasteiger partial charge in [-0.1, -0.05) is 18.2 Å². The molecule has 2 aromatic rings. The van der Waals surface area contributed by atoms with Crippen molar-refractivity contribution in [2.24, 2.45) is 0 Å². The summed E-state index contributed by atoms with van der Waals surface area (Å²) in [4.78, 5) is 14.3. The maximum absolute atomic E-state index is 12.8. The molecule has 3 N–H and O–H groups in total. The number of para-hydroxylation sites is 1. The van der Waals surface area contributed by atoms with Crippen molar-refractivity contribution in [3.63, 3.8) is 0 Å². The molecule has 1 aliphatic heterocycles. The molecule has 0 aromatic heterocycles. The van der Waals surface area contributed by atoms with Gasteiger partial charge in [0.05, 0.1) is 22.5 Å². The highest BCUT2D eigenvalue weighted by Gasteiger charge is 2.23. The van der Waals surface area contributed by atoms with E-state index < -0.39 is 26.1 Å². The summed E-state index contributed by atoms with van der Waals surface area (Å²) in [6.07, 6.45) is 0.527. The highest BCUT2D eigenvalue weighted by Crippen LogP contribution is 2.31. The monoisotopic (exact) mass is 468 g/mol. The van der Waals surface area contributed by atoms with Gasteiger partial charge in [0.2, 0.25) is 10.0 Å². The van der Waals surface area contributed by atoms with Gasteiger partial charge in [-0.25, -0.2) is 21.6 Å². The molecule has 0 atom stereocenters. The Morgan fingerprint density at radius 1 is 0.935 bits per heavy atom. The minimum atomic E-state index is -3.96. The van der Waals surface area contributed by atoms with Gasteiger partial charge in [0, 0.05) is 31.9 Å². The Balaban J connectivity index is 1.94. The number of carbonyl (C=O) groups is 1. The van der Waals surface area contributed by atoms with E-state index >= 15 is 0 Å². The second-order valence-electron chi connectivity index (χ2n) is 7.13. The van der Waals surface area contributed by atoms with Crippen LogP contribution in [0.4, 0.5) is 21.9 Å². The van der Waals surface area contributed by atoms with E-state index in [1.54, 1.807) is 30.3 Å². The van der Waals surface area contributed by atoms with Crippen LogP contribution in [0.25, 0.3) is 0 Å². The number of amides is 1. The summed E-state index contributed by atoms with van der Waals surface area (Å²) in [5.74, 6) is 0.